The highest BCUT2D eigenvalue weighted by Gasteiger charge is 2.27. The number of rotatable bonds is 6. The SMILES string of the molecule is CC1(C)CCC(CN(CCO)CCO)CC1. The Morgan fingerprint density at radius 2 is 1.56 bits per heavy atom. The van der Waals surface area contributed by atoms with Crippen LogP contribution in [0.15, 0.2) is 0 Å². The van der Waals surface area contributed by atoms with Gasteiger partial charge in [0.05, 0.1) is 13.2 Å². The van der Waals surface area contributed by atoms with Crippen LogP contribution in [0.2, 0.25) is 0 Å². The van der Waals surface area contributed by atoms with E-state index in [1.807, 2.05) is 0 Å². The van der Waals surface area contributed by atoms with Gasteiger partial charge in [-0.3, -0.25) is 4.90 Å². The van der Waals surface area contributed by atoms with E-state index in [1.165, 1.54) is 25.7 Å². The summed E-state index contributed by atoms with van der Waals surface area (Å²) in [6, 6.07) is 0. The third-order valence-electron chi connectivity index (χ3n) is 3.81. The highest BCUT2D eigenvalue weighted by atomic mass is 16.3. The molecule has 1 fully saturated rings. The lowest BCUT2D eigenvalue weighted by Crippen LogP contribution is -2.36. The molecule has 2 N–H and O–H groups in total. The van der Waals surface area contributed by atoms with Gasteiger partial charge in [-0.25, -0.2) is 0 Å². The molecule has 1 rings (SSSR count). The summed E-state index contributed by atoms with van der Waals surface area (Å²) in [5.41, 5.74) is 0.523. The first-order valence-electron chi connectivity index (χ1n) is 6.51. The molecule has 0 heterocycles. The van der Waals surface area contributed by atoms with Crippen LogP contribution >= 0.6 is 0 Å². The molecule has 0 aromatic carbocycles. The quantitative estimate of drug-likeness (QED) is 0.725. The van der Waals surface area contributed by atoms with Crippen LogP contribution in [0.3, 0.4) is 0 Å². The molecular weight excluding hydrogens is 202 g/mol. The van der Waals surface area contributed by atoms with Crippen molar-refractivity contribution in [2.75, 3.05) is 32.8 Å². The van der Waals surface area contributed by atoms with E-state index < -0.39 is 0 Å². The van der Waals surface area contributed by atoms with Gasteiger partial charge in [-0.15, -0.1) is 0 Å². The Bertz CT molecular complexity index is 178. The standard InChI is InChI=1S/C13H27NO2/c1-13(2)5-3-12(4-6-13)11-14(7-9-15)8-10-16/h12,15-16H,3-11H2,1-2H3. The summed E-state index contributed by atoms with van der Waals surface area (Å²) in [5.74, 6) is 0.756. The average molecular weight is 229 g/mol. The minimum atomic E-state index is 0.193. The van der Waals surface area contributed by atoms with Crippen molar-refractivity contribution in [1.29, 1.82) is 0 Å². The van der Waals surface area contributed by atoms with Crippen molar-refractivity contribution in [2.24, 2.45) is 11.3 Å². The van der Waals surface area contributed by atoms with Crippen LogP contribution in [0.5, 0.6) is 0 Å². The predicted octanol–water partition coefficient (Wildman–Crippen LogP) is 1.49. The molecule has 1 aliphatic carbocycles. The van der Waals surface area contributed by atoms with Crippen molar-refractivity contribution in [1.82, 2.24) is 4.90 Å². The Morgan fingerprint density at radius 3 is 2.00 bits per heavy atom. The van der Waals surface area contributed by atoms with E-state index in [4.69, 9.17) is 10.2 Å². The van der Waals surface area contributed by atoms with Crippen LogP contribution < -0.4 is 0 Å². The first-order valence-corrected chi connectivity index (χ1v) is 6.51. The number of hydrogen-bond acceptors (Lipinski definition) is 3. The summed E-state index contributed by atoms with van der Waals surface area (Å²) >= 11 is 0. The van der Waals surface area contributed by atoms with E-state index in [-0.39, 0.29) is 13.2 Å². The zero-order valence-corrected chi connectivity index (χ0v) is 10.8. The number of aliphatic hydroxyl groups excluding tert-OH is 2. The van der Waals surface area contributed by atoms with Gasteiger partial charge >= 0.3 is 0 Å². The van der Waals surface area contributed by atoms with Gasteiger partial charge in [0.15, 0.2) is 0 Å². The summed E-state index contributed by atoms with van der Waals surface area (Å²) in [4.78, 5) is 2.18. The first-order chi connectivity index (χ1) is 7.57. The molecule has 0 amide bonds. The summed E-state index contributed by atoms with van der Waals surface area (Å²) in [6.45, 7) is 7.51. The molecular formula is C13H27NO2. The largest absolute Gasteiger partial charge is 0.395 e. The molecule has 96 valence electrons. The zero-order chi connectivity index (χ0) is 12.0. The van der Waals surface area contributed by atoms with E-state index in [0.29, 0.717) is 18.5 Å². The molecule has 0 unspecified atom stereocenters. The van der Waals surface area contributed by atoms with Gasteiger partial charge < -0.3 is 10.2 Å². The molecule has 0 radical (unpaired) electrons. The van der Waals surface area contributed by atoms with Crippen LogP contribution in [0, 0.1) is 11.3 Å². The summed E-state index contributed by atoms with van der Waals surface area (Å²) in [5, 5.41) is 17.9. The monoisotopic (exact) mass is 229 g/mol. The van der Waals surface area contributed by atoms with Crippen LogP contribution in [0.1, 0.15) is 39.5 Å². The van der Waals surface area contributed by atoms with Gasteiger partial charge in [0.2, 0.25) is 0 Å². The molecule has 0 saturated heterocycles. The topological polar surface area (TPSA) is 43.7 Å². The number of aliphatic hydroxyl groups is 2. The fourth-order valence-corrected chi connectivity index (χ4v) is 2.58. The predicted molar refractivity (Wildman–Crippen MR) is 66.4 cm³/mol. The van der Waals surface area contributed by atoms with Crippen LogP contribution in [-0.4, -0.2) is 48.0 Å². The van der Waals surface area contributed by atoms with Crippen molar-refractivity contribution in [3.05, 3.63) is 0 Å². The van der Waals surface area contributed by atoms with Gasteiger partial charge in [-0.1, -0.05) is 13.8 Å². The van der Waals surface area contributed by atoms with Crippen molar-refractivity contribution in [3.63, 3.8) is 0 Å². The Hall–Kier alpha value is -0.120. The summed E-state index contributed by atoms with van der Waals surface area (Å²) in [7, 11) is 0. The van der Waals surface area contributed by atoms with Gasteiger partial charge in [-0.2, -0.15) is 0 Å². The second kappa shape index (κ2) is 6.58. The molecule has 0 spiro atoms. The van der Waals surface area contributed by atoms with E-state index in [0.717, 1.165) is 12.5 Å². The summed E-state index contributed by atoms with van der Waals surface area (Å²) < 4.78 is 0. The maximum atomic E-state index is 8.95. The van der Waals surface area contributed by atoms with Crippen LogP contribution in [0.25, 0.3) is 0 Å². The second-order valence-corrected chi connectivity index (χ2v) is 5.86. The molecule has 3 heteroatoms. The van der Waals surface area contributed by atoms with Crippen molar-refractivity contribution < 1.29 is 10.2 Å². The molecule has 1 aliphatic rings. The van der Waals surface area contributed by atoms with E-state index >= 15 is 0 Å². The van der Waals surface area contributed by atoms with Gasteiger partial charge in [0.1, 0.15) is 0 Å². The minimum Gasteiger partial charge on any atom is -0.395 e. The third-order valence-corrected chi connectivity index (χ3v) is 3.81. The Labute approximate surface area is 99.5 Å². The molecule has 0 aliphatic heterocycles. The smallest absolute Gasteiger partial charge is 0.0558 e. The zero-order valence-electron chi connectivity index (χ0n) is 10.8. The third kappa shape index (κ3) is 4.81. The van der Waals surface area contributed by atoms with Crippen molar-refractivity contribution >= 4 is 0 Å². The maximum Gasteiger partial charge on any atom is 0.0558 e. The fourth-order valence-electron chi connectivity index (χ4n) is 2.58. The molecule has 3 nitrogen and oxygen atoms in total. The van der Waals surface area contributed by atoms with E-state index in [9.17, 15) is 0 Å². The van der Waals surface area contributed by atoms with E-state index in [2.05, 4.69) is 18.7 Å². The minimum absolute atomic E-state index is 0.193. The molecule has 16 heavy (non-hydrogen) atoms. The molecule has 0 aromatic heterocycles. The van der Waals surface area contributed by atoms with Gasteiger partial charge in [0.25, 0.3) is 0 Å². The van der Waals surface area contributed by atoms with Crippen molar-refractivity contribution in [2.45, 2.75) is 39.5 Å². The van der Waals surface area contributed by atoms with Crippen LogP contribution in [-0.2, 0) is 0 Å². The highest BCUT2D eigenvalue weighted by Crippen LogP contribution is 2.38. The van der Waals surface area contributed by atoms with E-state index in [1.54, 1.807) is 0 Å². The Kier molecular flexibility index (Phi) is 5.73. The highest BCUT2D eigenvalue weighted by molar-refractivity contribution is 4.80. The van der Waals surface area contributed by atoms with Crippen LogP contribution in [0.4, 0.5) is 0 Å². The van der Waals surface area contributed by atoms with Crippen molar-refractivity contribution in [3.8, 4) is 0 Å². The second-order valence-electron chi connectivity index (χ2n) is 5.86. The normalized spacial score (nSPS) is 21.6. The molecule has 0 aromatic rings. The average Bonchev–Trinajstić information content (AvgIpc) is 2.22. The summed E-state index contributed by atoms with van der Waals surface area (Å²) in [6.07, 6.45) is 5.20. The maximum absolute atomic E-state index is 8.95. The Morgan fingerprint density at radius 1 is 1.06 bits per heavy atom. The Balaban J connectivity index is 2.30. The number of nitrogens with zero attached hydrogens (tertiary/aromatic N) is 1. The molecule has 0 atom stereocenters. The van der Waals surface area contributed by atoms with Gasteiger partial charge in [-0.05, 0) is 37.0 Å². The lowest BCUT2D eigenvalue weighted by atomic mass is 9.73. The molecule has 0 bridgehead atoms. The fraction of sp³-hybridized carbons (Fsp3) is 1.00. The first kappa shape index (κ1) is 13.9. The lowest BCUT2D eigenvalue weighted by Gasteiger charge is -2.36. The van der Waals surface area contributed by atoms with Gasteiger partial charge in [0, 0.05) is 19.6 Å². The molecule has 1 saturated carbocycles. The number of hydrogen-bond donors (Lipinski definition) is 2. The lowest BCUT2D eigenvalue weighted by molar-refractivity contribution is 0.112.